The van der Waals surface area contributed by atoms with E-state index in [0.717, 1.165) is 30.5 Å². The molecule has 1 aliphatic rings. The minimum absolute atomic E-state index is 0.0452. The number of hydrogen-bond acceptors (Lipinski definition) is 3. The van der Waals surface area contributed by atoms with Crippen LogP contribution in [0.5, 0.6) is 0 Å². The van der Waals surface area contributed by atoms with Crippen molar-refractivity contribution in [3.05, 3.63) is 89.8 Å². The smallest absolute Gasteiger partial charge is 0.245 e. The van der Waals surface area contributed by atoms with Crippen molar-refractivity contribution in [1.29, 1.82) is 0 Å². The van der Waals surface area contributed by atoms with Crippen molar-refractivity contribution in [2.45, 2.75) is 63.3 Å². The maximum Gasteiger partial charge on any atom is 0.245 e. The lowest BCUT2D eigenvalue weighted by Gasteiger charge is -2.52. The lowest BCUT2D eigenvalue weighted by molar-refractivity contribution is -0.143. The molecule has 6 nitrogen and oxygen atoms in total. The minimum Gasteiger partial charge on any atom is -0.351 e. The first kappa shape index (κ1) is 25.6. The number of H-pyrrole nitrogens is 1. The van der Waals surface area contributed by atoms with Crippen LogP contribution in [0, 0.1) is 5.82 Å². The van der Waals surface area contributed by atoms with Crippen LogP contribution in [0.1, 0.15) is 55.8 Å². The van der Waals surface area contributed by atoms with Gasteiger partial charge in [0.25, 0.3) is 0 Å². The zero-order chi connectivity index (χ0) is 25.4. The molecule has 0 spiro atoms. The van der Waals surface area contributed by atoms with E-state index in [1.807, 2.05) is 11.0 Å². The van der Waals surface area contributed by atoms with Crippen LogP contribution in [0.3, 0.4) is 0 Å². The molecule has 1 unspecified atom stereocenters. The van der Waals surface area contributed by atoms with Gasteiger partial charge in [-0.1, -0.05) is 68.7 Å². The fourth-order valence-corrected chi connectivity index (χ4v) is 5.04. The molecule has 190 valence electrons. The van der Waals surface area contributed by atoms with Gasteiger partial charge in [0.2, 0.25) is 11.8 Å². The van der Waals surface area contributed by atoms with E-state index in [-0.39, 0.29) is 29.5 Å². The molecule has 1 atom stereocenters. The highest BCUT2D eigenvalue weighted by Gasteiger charge is 2.47. The van der Waals surface area contributed by atoms with Gasteiger partial charge in [0, 0.05) is 37.5 Å². The lowest BCUT2D eigenvalue weighted by Crippen LogP contribution is -2.64. The zero-order valence-electron chi connectivity index (χ0n) is 20.9. The van der Waals surface area contributed by atoms with Crippen LogP contribution in [-0.2, 0) is 27.8 Å². The first-order valence-corrected chi connectivity index (χ1v) is 12.8. The van der Waals surface area contributed by atoms with Crippen molar-refractivity contribution in [2.24, 2.45) is 0 Å². The number of rotatable bonds is 12. The van der Waals surface area contributed by atoms with E-state index in [1.165, 1.54) is 24.1 Å². The molecule has 2 N–H and O–H groups in total. The minimum atomic E-state index is -0.702. The molecule has 3 aromatic rings. The lowest BCUT2D eigenvalue weighted by atomic mass is 9.70. The molecule has 2 amide bonds. The van der Waals surface area contributed by atoms with E-state index in [9.17, 15) is 14.0 Å². The Morgan fingerprint density at radius 1 is 1.11 bits per heavy atom. The van der Waals surface area contributed by atoms with Gasteiger partial charge >= 0.3 is 0 Å². The highest BCUT2D eigenvalue weighted by atomic mass is 19.1. The number of likely N-dealkylation sites (tertiary alicyclic amines) is 1. The summed E-state index contributed by atoms with van der Waals surface area (Å²) >= 11 is 0. The summed E-state index contributed by atoms with van der Waals surface area (Å²) in [5, 5.41) is 2.95. The van der Waals surface area contributed by atoms with E-state index < -0.39 is 6.04 Å². The van der Waals surface area contributed by atoms with Crippen molar-refractivity contribution in [1.82, 2.24) is 20.2 Å². The van der Waals surface area contributed by atoms with Gasteiger partial charge in [-0.25, -0.2) is 9.37 Å². The second kappa shape index (κ2) is 12.0. The Kier molecular flexibility index (Phi) is 8.52. The summed E-state index contributed by atoms with van der Waals surface area (Å²) in [4.78, 5) is 35.3. The third-order valence-corrected chi connectivity index (χ3v) is 7.09. The summed E-state index contributed by atoms with van der Waals surface area (Å²) < 4.78 is 13.4. The second-order valence-electron chi connectivity index (χ2n) is 9.81. The number of nitrogens with zero attached hydrogens (tertiary/aromatic N) is 2. The van der Waals surface area contributed by atoms with Gasteiger partial charge in [0.15, 0.2) is 0 Å². The number of benzene rings is 2. The quantitative estimate of drug-likeness (QED) is 0.365. The zero-order valence-corrected chi connectivity index (χ0v) is 20.9. The number of carbonyl (C=O) groups is 2. The van der Waals surface area contributed by atoms with Crippen LogP contribution in [0.4, 0.5) is 4.39 Å². The van der Waals surface area contributed by atoms with Crippen LogP contribution >= 0.6 is 0 Å². The number of imidazole rings is 1. The summed E-state index contributed by atoms with van der Waals surface area (Å²) in [5.74, 6) is -0.613. The molecule has 1 fully saturated rings. The Morgan fingerprint density at radius 2 is 1.86 bits per heavy atom. The van der Waals surface area contributed by atoms with Gasteiger partial charge in [-0.15, -0.1) is 0 Å². The molecule has 1 saturated heterocycles. The molecule has 1 aromatic heterocycles. The third kappa shape index (κ3) is 6.39. The number of aromatic nitrogens is 2. The summed E-state index contributed by atoms with van der Waals surface area (Å²) in [6, 6.07) is 15.8. The maximum absolute atomic E-state index is 13.6. The number of carbonyl (C=O) groups excluding carboxylic acids is 2. The van der Waals surface area contributed by atoms with E-state index >= 15 is 0 Å². The molecule has 2 aromatic carbocycles. The van der Waals surface area contributed by atoms with Gasteiger partial charge in [-0.2, -0.15) is 0 Å². The predicted octanol–water partition coefficient (Wildman–Crippen LogP) is 4.57. The van der Waals surface area contributed by atoms with Gasteiger partial charge < -0.3 is 15.2 Å². The first-order chi connectivity index (χ1) is 17.5. The van der Waals surface area contributed by atoms with Crippen LogP contribution < -0.4 is 5.32 Å². The summed E-state index contributed by atoms with van der Waals surface area (Å²) in [6.45, 7) is 3.48. The standard InChI is InChI=1S/C29H35FN4O2/c1-2-3-7-16-29(23-8-5-4-6-9-23)19-34(20-29)28(36)26(17-22-10-12-24(30)13-11-22)33-27(35)15-14-25-18-31-21-32-25/h4-6,8-13,18,21,26H,2-3,7,14-17,19-20H2,1H3,(H,31,32)(H,33,35). The summed E-state index contributed by atoms with van der Waals surface area (Å²) in [7, 11) is 0. The molecular formula is C29H35FN4O2. The Labute approximate surface area is 212 Å². The number of aromatic amines is 1. The monoisotopic (exact) mass is 490 g/mol. The van der Waals surface area contributed by atoms with Crippen LogP contribution in [0.15, 0.2) is 67.1 Å². The molecule has 1 aliphatic heterocycles. The van der Waals surface area contributed by atoms with Gasteiger partial charge in [0.1, 0.15) is 11.9 Å². The molecule has 36 heavy (non-hydrogen) atoms. The number of nitrogens with one attached hydrogen (secondary N) is 2. The molecule has 0 bridgehead atoms. The van der Waals surface area contributed by atoms with E-state index in [2.05, 4.69) is 46.5 Å². The molecule has 0 aliphatic carbocycles. The number of aryl methyl sites for hydroxylation is 1. The summed E-state index contributed by atoms with van der Waals surface area (Å²) in [5.41, 5.74) is 2.83. The normalized spacial score (nSPS) is 15.2. The Bertz CT molecular complexity index is 1110. The number of hydrogen-bond donors (Lipinski definition) is 2. The van der Waals surface area contributed by atoms with Crippen LogP contribution in [0.25, 0.3) is 0 Å². The number of unbranched alkanes of at least 4 members (excludes halogenated alkanes) is 2. The van der Waals surface area contributed by atoms with Gasteiger partial charge in [-0.3, -0.25) is 9.59 Å². The molecule has 0 radical (unpaired) electrons. The predicted molar refractivity (Wildman–Crippen MR) is 138 cm³/mol. The summed E-state index contributed by atoms with van der Waals surface area (Å²) in [6.07, 6.45) is 8.86. The fraction of sp³-hybridized carbons (Fsp3) is 0.414. The number of amides is 2. The highest BCUT2D eigenvalue weighted by molar-refractivity contribution is 5.88. The van der Waals surface area contributed by atoms with Crippen LogP contribution in [0.2, 0.25) is 0 Å². The van der Waals surface area contributed by atoms with Crippen molar-refractivity contribution in [3.8, 4) is 0 Å². The van der Waals surface area contributed by atoms with E-state index in [1.54, 1.807) is 24.7 Å². The Morgan fingerprint density at radius 3 is 2.53 bits per heavy atom. The largest absolute Gasteiger partial charge is 0.351 e. The Balaban J connectivity index is 1.45. The van der Waals surface area contributed by atoms with E-state index in [0.29, 0.717) is 25.9 Å². The van der Waals surface area contributed by atoms with Crippen molar-refractivity contribution < 1.29 is 14.0 Å². The number of halogens is 1. The van der Waals surface area contributed by atoms with Crippen molar-refractivity contribution in [3.63, 3.8) is 0 Å². The SMILES string of the molecule is CCCCCC1(c2ccccc2)CN(C(=O)C(Cc2ccc(F)cc2)NC(=O)CCc2c[nH]cn2)C1. The average Bonchev–Trinajstić information content (AvgIpc) is 3.39. The maximum atomic E-state index is 13.6. The average molecular weight is 491 g/mol. The Hall–Kier alpha value is -3.48. The first-order valence-electron chi connectivity index (χ1n) is 12.8. The van der Waals surface area contributed by atoms with Gasteiger partial charge in [0.05, 0.1) is 12.0 Å². The van der Waals surface area contributed by atoms with Crippen molar-refractivity contribution >= 4 is 11.8 Å². The third-order valence-electron chi connectivity index (χ3n) is 7.09. The van der Waals surface area contributed by atoms with Crippen LogP contribution in [-0.4, -0.2) is 45.8 Å². The molecule has 2 heterocycles. The fourth-order valence-electron chi connectivity index (χ4n) is 5.04. The van der Waals surface area contributed by atoms with Crippen molar-refractivity contribution in [2.75, 3.05) is 13.1 Å². The highest BCUT2D eigenvalue weighted by Crippen LogP contribution is 2.39. The molecular weight excluding hydrogens is 455 g/mol. The topological polar surface area (TPSA) is 78.1 Å². The molecule has 4 rings (SSSR count). The van der Waals surface area contributed by atoms with Gasteiger partial charge in [-0.05, 0) is 36.1 Å². The molecule has 0 saturated carbocycles. The van der Waals surface area contributed by atoms with E-state index in [4.69, 9.17) is 0 Å². The second-order valence-corrected chi connectivity index (χ2v) is 9.81. The molecule has 7 heteroatoms.